The van der Waals surface area contributed by atoms with Crippen molar-refractivity contribution >= 4 is 92.5 Å². The van der Waals surface area contributed by atoms with Crippen LogP contribution in [-0.2, 0) is 0 Å². The minimum Gasteiger partial charge on any atom is -0.495 e. The Morgan fingerprint density at radius 2 is 1.38 bits per heavy atom. The van der Waals surface area contributed by atoms with Crippen molar-refractivity contribution in [2.24, 2.45) is 0 Å². The third-order valence-electron chi connectivity index (χ3n) is 4.00. The summed E-state index contributed by atoms with van der Waals surface area (Å²) in [5.74, 6) is 0.522. The summed E-state index contributed by atoms with van der Waals surface area (Å²) in [5, 5.41) is 13.4. The van der Waals surface area contributed by atoms with Crippen LogP contribution >= 0.6 is 58.6 Å². The Morgan fingerprint density at radius 3 is 2.00 bits per heavy atom. The van der Waals surface area contributed by atoms with Crippen molar-refractivity contribution in [3.63, 3.8) is 0 Å². The van der Waals surface area contributed by atoms with E-state index in [0.717, 1.165) is 0 Å². The highest BCUT2D eigenvalue weighted by Gasteiger charge is 2.10. The molecule has 3 aromatic carbocycles. The molecule has 4 N–H and O–H groups in total. The minimum absolute atomic E-state index is 0.277. The van der Waals surface area contributed by atoms with Crippen LogP contribution in [0, 0.1) is 0 Å². The summed E-state index contributed by atoms with van der Waals surface area (Å²) in [5.41, 5.74) is 2.15. The zero-order valence-electron chi connectivity index (χ0n) is 16.4. The summed E-state index contributed by atoms with van der Waals surface area (Å²) in [6.07, 6.45) is 0. The van der Waals surface area contributed by atoms with Gasteiger partial charge in [-0.15, -0.1) is 0 Å². The summed E-state index contributed by atoms with van der Waals surface area (Å²) in [6.45, 7) is 0. The van der Waals surface area contributed by atoms with E-state index >= 15 is 0 Å². The van der Waals surface area contributed by atoms with Gasteiger partial charge < -0.3 is 26.0 Å². The lowest BCUT2D eigenvalue weighted by Gasteiger charge is -2.15. The fourth-order valence-electron chi connectivity index (χ4n) is 2.66. The largest absolute Gasteiger partial charge is 0.495 e. The lowest BCUT2D eigenvalue weighted by Crippen LogP contribution is -2.21. The van der Waals surface area contributed by atoms with Gasteiger partial charge in [0, 0.05) is 27.1 Å². The minimum atomic E-state index is -0.464. The number of amides is 2. The molecule has 0 spiro atoms. The van der Waals surface area contributed by atoms with Crippen molar-refractivity contribution in [1.29, 1.82) is 0 Å². The molecule has 0 saturated carbocycles. The van der Waals surface area contributed by atoms with Crippen LogP contribution in [0.4, 0.5) is 27.5 Å². The molecule has 0 saturated heterocycles. The van der Waals surface area contributed by atoms with Gasteiger partial charge in [-0.3, -0.25) is 0 Å². The predicted molar refractivity (Wildman–Crippen MR) is 138 cm³/mol. The average Bonchev–Trinajstić information content (AvgIpc) is 2.70. The van der Waals surface area contributed by atoms with Gasteiger partial charge in [-0.25, -0.2) is 4.79 Å². The van der Waals surface area contributed by atoms with E-state index in [1.165, 1.54) is 7.11 Å². The monoisotopic (exact) mass is 528 g/mol. The highest BCUT2D eigenvalue weighted by molar-refractivity contribution is 7.80. The number of thiocarbonyl (C=S) groups is 1. The molecule has 0 aromatic heterocycles. The molecule has 3 rings (SSSR count). The van der Waals surface area contributed by atoms with Crippen LogP contribution < -0.4 is 26.0 Å². The second kappa shape index (κ2) is 10.9. The Kier molecular flexibility index (Phi) is 8.28. The molecular formula is C21H16Cl4N4O2S. The maximum absolute atomic E-state index is 12.4. The third kappa shape index (κ3) is 6.79. The number of halogens is 4. The van der Waals surface area contributed by atoms with E-state index in [1.54, 1.807) is 54.6 Å². The predicted octanol–water partition coefficient (Wildman–Crippen LogP) is 7.76. The molecule has 11 heteroatoms. The molecule has 0 aliphatic rings. The molecule has 0 aliphatic carbocycles. The zero-order chi connectivity index (χ0) is 23.3. The standard InChI is InChI=1S/C21H16Cl4N4O2S/c1-31-19-5-3-14(27-20(30)26-13-2-4-16(24)17(25)9-13)10-18(19)29-21(32)28-15-7-11(22)6-12(23)8-15/h2-10H,1H3,(H2,26,27,30)(H2,28,29,32). The molecule has 0 radical (unpaired) electrons. The molecule has 166 valence electrons. The zero-order valence-corrected chi connectivity index (χ0v) is 20.3. The maximum atomic E-state index is 12.4. The number of urea groups is 1. The van der Waals surface area contributed by atoms with Crippen molar-refractivity contribution < 1.29 is 9.53 Å². The van der Waals surface area contributed by atoms with Crippen LogP contribution in [-0.4, -0.2) is 18.3 Å². The number of nitrogens with one attached hydrogen (secondary N) is 4. The molecule has 0 aliphatic heterocycles. The number of carbonyl (C=O) groups excluding carboxylic acids is 1. The van der Waals surface area contributed by atoms with E-state index in [1.807, 2.05) is 0 Å². The van der Waals surface area contributed by atoms with Crippen LogP contribution in [0.15, 0.2) is 54.6 Å². The first-order valence-corrected chi connectivity index (χ1v) is 10.9. The molecular weight excluding hydrogens is 514 g/mol. The average molecular weight is 530 g/mol. The van der Waals surface area contributed by atoms with Gasteiger partial charge in [0.05, 0.1) is 22.8 Å². The second-order valence-corrected chi connectivity index (χ2v) is 8.46. The first-order chi connectivity index (χ1) is 15.2. The number of anilines is 4. The molecule has 0 unspecified atom stereocenters. The van der Waals surface area contributed by atoms with Gasteiger partial charge in [-0.2, -0.15) is 0 Å². The number of hydrogen-bond acceptors (Lipinski definition) is 3. The number of rotatable bonds is 5. The Labute approximate surface area is 210 Å². The fourth-order valence-corrected chi connectivity index (χ4v) is 3.71. The highest BCUT2D eigenvalue weighted by atomic mass is 35.5. The van der Waals surface area contributed by atoms with Crippen LogP contribution in [0.5, 0.6) is 5.75 Å². The molecule has 3 aromatic rings. The van der Waals surface area contributed by atoms with Gasteiger partial charge in [0.15, 0.2) is 5.11 Å². The van der Waals surface area contributed by atoms with Crippen molar-refractivity contribution in [3.8, 4) is 5.75 Å². The molecule has 0 atom stereocenters. The van der Waals surface area contributed by atoms with Gasteiger partial charge in [-0.1, -0.05) is 46.4 Å². The lowest BCUT2D eigenvalue weighted by molar-refractivity contribution is 0.262. The molecule has 0 heterocycles. The van der Waals surface area contributed by atoms with E-state index in [2.05, 4.69) is 21.3 Å². The number of methoxy groups -OCH3 is 1. The Morgan fingerprint density at radius 1 is 0.750 bits per heavy atom. The number of ether oxygens (including phenoxy) is 1. The Balaban J connectivity index is 1.69. The van der Waals surface area contributed by atoms with Crippen LogP contribution in [0.2, 0.25) is 20.1 Å². The molecule has 0 fully saturated rings. The van der Waals surface area contributed by atoms with E-state index in [-0.39, 0.29) is 5.11 Å². The third-order valence-corrected chi connectivity index (χ3v) is 5.38. The quantitative estimate of drug-likeness (QED) is 0.254. The molecule has 32 heavy (non-hydrogen) atoms. The SMILES string of the molecule is COc1ccc(NC(=O)Nc2ccc(Cl)c(Cl)c2)cc1NC(=S)Nc1cc(Cl)cc(Cl)c1. The van der Waals surface area contributed by atoms with Crippen LogP contribution in [0.3, 0.4) is 0 Å². The van der Waals surface area contributed by atoms with Crippen molar-refractivity contribution in [1.82, 2.24) is 0 Å². The maximum Gasteiger partial charge on any atom is 0.323 e. The van der Waals surface area contributed by atoms with Crippen molar-refractivity contribution in [3.05, 3.63) is 74.7 Å². The van der Waals surface area contributed by atoms with Crippen LogP contribution in [0.1, 0.15) is 0 Å². The molecule has 2 amide bonds. The number of carbonyl (C=O) groups is 1. The fraction of sp³-hybridized carbons (Fsp3) is 0.0476. The summed E-state index contributed by atoms with van der Waals surface area (Å²) in [4.78, 5) is 12.4. The van der Waals surface area contributed by atoms with Crippen molar-refractivity contribution in [2.45, 2.75) is 0 Å². The van der Waals surface area contributed by atoms with Gasteiger partial charge in [-0.05, 0) is 66.8 Å². The van der Waals surface area contributed by atoms with Gasteiger partial charge >= 0.3 is 6.03 Å². The van der Waals surface area contributed by atoms with Gasteiger partial charge in [0.1, 0.15) is 5.75 Å². The van der Waals surface area contributed by atoms with E-state index in [4.69, 9.17) is 63.4 Å². The number of hydrogen-bond donors (Lipinski definition) is 4. The molecule has 0 bridgehead atoms. The van der Waals surface area contributed by atoms with E-state index in [9.17, 15) is 4.79 Å². The number of benzene rings is 3. The summed E-state index contributed by atoms with van der Waals surface area (Å²) in [6, 6.07) is 14.4. The normalized spacial score (nSPS) is 10.3. The Bertz CT molecular complexity index is 1160. The van der Waals surface area contributed by atoms with E-state index in [0.29, 0.717) is 48.6 Å². The summed E-state index contributed by atoms with van der Waals surface area (Å²) < 4.78 is 5.37. The lowest BCUT2D eigenvalue weighted by atomic mass is 10.2. The topological polar surface area (TPSA) is 74.4 Å². The summed E-state index contributed by atoms with van der Waals surface area (Å²) in [7, 11) is 1.53. The first-order valence-electron chi connectivity index (χ1n) is 8.98. The summed E-state index contributed by atoms with van der Waals surface area (Å²) >= 11 is 29.3. The van der Waals surface area contributed by atoms with E-state index < -0.39 is 6.03 Å². The van der Waals surface area contributed by atoms with Gasteiger partial charge in [0.25, 0.3) is 0 Å². The second-order valence-electron chi connectivity index (χ2n) is 6.36. The highest BCUT2D eigenvalue weighted by Crippen LogP contribution is 2.29. The van der Waals surface area contributed by atoms with Crippen molar-refractivity contribution in [2.75, 3.05) is 28.4 Å². The molecule has 6 nitrogen and oxygen atoms in total. The smallest absolute Gasteiger partial charge is 0.323 e. The first kappa shape index (κ1) is 24.2. The Hall–Kier alpha value is -2.42. The van der Waals surface area contributed by atoms with Crippen LogP contribution in [0.25, 0.3) is 0 Å². The van der Waals surface area contributed by atoms with Gasteiger partial charge in [0.2, 0.25) is 0 Å².